The summed E-state index contributed by atoms with van der Waals surface area (Å²) in [5.74, 6) is 0.995. The van der Waals surface area contributed by atoms with E-state index in [9.17, 15) is 4.79 Å². The molecule has 0 bridgehead atoms. The quantitative estimate of drug-likeness (QED) is 0.800. The molecule has 0 unspecified atom stereocenters. The van der Waals surface area contributed by atoms with Crippen LogP contribution in [0.3, 0.4) is 0 Å². The molecule has 0 spiro atoms. The molecule has 5 heteroatoms. The molecule has 2 heterocycles. The normalized spacial score (nSPS) is 19.5. The topological polar surface area (TPSA) is 48.0 Å². The first-order valence-corrected chi connectivity index (χ1v) is 8.05. The molecule has 0 aromatic heterocycles. The molecule has 0 radical (unpaired) electrons. The van der Waals surface area contributed by atoms with E-state index in [-0.39, 0.29) is 12.1 Å². The third-order valence-electron chi connectivity index (χ3n) is 4.05. The maximum atomic E-state index is 12.2. The first kappa shape index (κ1) is 15.2. The lowest BCUT2D eigenvalue weighted by atomic mass is 10.1. The van der Waals surface area contributed by atoms with Gasteiger partial charge in [-0.1, -0.05) is 6.42 Å². The molecule has 2 aliphatic heterocycles. The second kappa shape index (κ2) is 7.01. The highest BCUT2D eigenvalue weighted by molar-refractivity contribution is 5.90. The van der Waals surface area contributed by atoms with E-state index in [0.29, 0.717) is 30.3 Å². The van der Waals surface area contributed by atoms with Crippen LogP contribution in [0.5, 0.6) is 11.5 Å². The van der Waals surface area contributed by atoms with Crippen LogP contribution in [0.15, 0.2) is 18.2 Å². The molecule has 5 nitrogen and oxygen atoms in total. The zero-order valence-electron chi connectivity index (χ0n) is 13.0. The number of rotatable bonds is 4. The lowest BCUT2D eigenvalue weighted by molar-refractivity contribution is 0.0235. The number of fused-ring (bicyclic) bond motifs is 1. The summed E-state index contributed by atoms with van der Waals surface area (Å²) in [6.07, 6.45) is 3.67. The molecule has 0 aliphatic carbocycles. The summed E-state index contributed by atoms with van der Waals surface area (Å²) < 4.78 is 16.5. The number of benzene rings is 1. The van der Waals surface area contributed by atoms with Crippen molar-refractivity contribution >= 4 is 5.97 Å². The van der Waals surface area contributed by atoms with Gasteiger partial charge < -0.3 is 14.2 Å². The van der Waals surface area contributed by atoms with Gasteiger partial charge in [0, 0.05) is 6.54 Å². The lowest BCUT2D eigenvalue weighted by Gasteiger charge is -2.28. The van der Waals surface area contributed by atoms with Crippen molar-refractivity contribution in [2.75, 3.05) is 32.8 Å². The minimum Gasteiger partial charge on any atom is -0.486 e. The molecule has 1 saturated heterocycles. The second-order valence-electron chi connectivity index (χ2n) is 5.94. The van der Waals surface area contributed by atoms with Gasteiger partial charge in [0.25, 0.3) is 0 Å². The zero-order chi connectivity index (χ0) is 15.4. The Labute approximate surface area is 131 Å². The molecule has 0 N–H and O–H groups in total. The van der Waals surface area contributed by atoms with Gasteiger partial charge in [-0.3, -0.25) is 4.90 Å². The molecule has 3 rings (SSSR count). The van der Waals surface area contributed by atoms with Gasteiger partial charge in [-0.2, -0.15) is 0 Å². The molecular formula is C17H23NO4. The van der Waals surface area contributed by atoms with Crippen molar-refractivity contribution in [1.82, 2.24) is 4.90 Å². The summed E-state index contributed by atoms with van der Waals surface area (Å²) in [6, 6.07) is 5.19. The van der Waals surface area contributed by atoms with E-state index in [2.05, 4.69) is 4.90 Å². The van der Waals surface area contributed by atoms with Crippen LogP contribution in [0.4, 0.5) is 0 Å². The van der Waals surface area contributed by atoms with Gasteiger partial charge in [0.05, 0.1) is 5.56 Å². The number of ether oxygens (including phenoxy) is 3. The molecule has 0 amide bonds. The SMILES string of the molecule is C[C@@H](CN1CCCCC1)OC(=O)c1ccc2c(c1)OCCO2. The molecule has 120 valence electrons. The zero-order valence-corrected chi connectivity index (χ0v) is 13.0. The average Bonchev–Trinajstić information content (AvgIpc) is 2.55. The number of hydrogen-bond donors (Lipinski definition) is 0. The summed E-state index contributed by atoms with van der Waals surface area (Å²) >= 11 is 0. The highest BCUT2D eigenvalue weighted by Gasteiger charge is 2.19. The van der Waals surface area contributed by atoms with Crippen LogP contribution < -0.4 is 9.47 Å². The third-order valence-corrected chi connectivity index (χ3v) is 4.05. The first-order chi connectivity index (χ1) is 10.7. The minimum atomic E-state index is -0.304. The summed E-state index contributed by atoms with van der Waals surface area (Å²) in [7, 11) is 0. The van der Waals surface area contributed by atoms with Crippen LogP contribution in [0, 0.1) is 0 Å². The number of hydrogen-bond acceptors (Lipinski definition) is 5. The maximum Gasteiger partial charge on any atom is 0.338 e. The number of piperidine rings is 1. The van der Waals surface area contributed by atoms with Crippen molar-refractivity contribution in [3.8, 4) is 11.5 Å². The van der Waals surface area contributed by atoms with Crippen molar-refractivity contribution in [3.63, 3.8) is 0 Å². The summed E-state index contributed by atoms with van der Waals surface area (Å²) in [6.45, 7) is 6.01. The van der Waals surface area contributed by atoms with Gasteiger partial charge in [-0.05, 0) is 51.1 Å². The molecule has 1 aromatic rings. The van der Waals surface area contributed by atoms with Crippen LogP contribution in [0.1, 0.15) is 36.5 Å². The maximum absolute atomic E-state index is 12.2. The van der Waals surface area contributed by atoms with Crippen molar-refractivity contribution < 1.29 is 19.0 Å². The smallest absolute Gasteiger partial charge is 0.338 e. The van der Waals surface area contributed by atoms with Crippen molar-refractivity contribution in [3.05, 3.63) is 23.8 Å². The number of carbonyl (C=O) groups excluding carboxylic acids is 1. The van der Waals surface area contributed by atoms with E-state index in [4.69, 9.17) is 14.2 Å². The Morgan fingerprint density at radius 3 is 2.68 bits per heavy atom. The highest BCUT2D eigenvalue weighted by atomic mass is 16.6. The average molecular weight is 305 g/mol. The summed E-state index contributed by atoms with van der Waals surface area (Å²) in [5.41, 5.74) is 0.509. The molecule has 22 heavy (non-hydrogen) atoms. The molecule has 1 atom stereocenters. The molecule has 2 aliphatic rings. The van der Waals surface area contributed by atoms with E-state index in [1.165, 1.54) is 19.3 Å². The fourth-order valence-electron chi connectivity index (χ4n) is 2.96. The predicted molar refractivity (Wildman–Crippen MR) is 82.6 cm³/mol. The minimum absolute atomic E-state index is 0.112. The number of carbonyl (C=O) groups is 1. The van der Waals surface area contributed by atoms with Gasteiger partial charge in [0.15, 0.2) is 11.5 Å². The van der Waals surface area contributed by atoms with Crippen molar-refractivity contribution in [2.24, 2.45) is 0 Å². The Kier molecular flexibility index (Phi) is 4.83. The Bertz CT molecular complexity index is 525. The van der Waals surface area contributed by atoms with Crippen LogP contribution in [-0.4, -0.2) is 49.8 Å². The fourth-order valence-corrected chi connectivity index (χ4v) is 2.96. The van der Waals surface area contributed by atoms with Gasteiger partial charge >= 0.3 is 5.97 Å². The second-order valence-corrected chi connectivity index (χ2v) is 5.94. The van der Waals surface area contributed by atoms with E-state index < -0.39 is 0 Å². The van der Waals surface area contributed by atoms with E-state index in [1.807, 2.05) is 6.92 Å². The number of esters is 1. The molecule has 1 aromatic carbocycles. The molecular weight excluding hydrogens is 282 g/mol. The number of nitrogens with zero attached hydrogens (tertiary/aromatic N) is 1. The van der Waals surface area contributed by atoms with Crippen LogP contribution in [0.2, 0.25) is 0 Å². The van der Waals surface area contributed by atoms with E-state index >= 15 is 0 Å². The fraction of sp³-hybridized carbons (Fsp3) is 0.588. The van der Waals surface area contributed by atoms with Gasteiger partial charge in [-0.25, -0.2) is 4.79 Å². The highest BCUT2D eigenvalue weighted by Crippen LogP contribution is 2.31. The lowest BCUT2D eigenvalue weighted by Crippen LogP contribution is -2.37. The largest absolute Gasteiger partial charge is 0.486 e. The Hall–Kier alpha value is -1.75. The third kappa shape index (κ3) is 3.71. The standard InChI is InChI=1S/C17H23NO4/c1-13(12-18-7-3-2-4-8-18)22-17(19)14-5-6-15-16(11-14)21-10-9-20-15/h5-6,11,13H,2-4,7-10,12H2,1H3/t13-/m0/s1. The van der Waals surface area contributed by atoms with E-state index in [1.54, 1.807) is 18.2 Å². The van der Waals surface area contributed by atoms with Crippen molar-refractivity contribution in [1.29, 1.82) is 0 Å². The van der Waals surface area contributed by atoms with Crippen molar-refractivity contribution in [2.45, 2.75) is 32.3 Å². The Balaban J connectivity index is 1.56. The monoisotopic (exact) mass is 305 g/mol. The Morgan fingerprint density at radius 1 is 1.18 bits per heavy atom. The van der Waals surface area contributed by atoms with Crippen LogP contribution in [-0.2, 0) is 4.74 Å². The summed E-state index contributed by atoms with van der Waals surface area (Å²) in [4.78, 5) is 14.6. The van der Waals surface area contributed by atoms with Gasteiger partial charge in [0.1, 0.15) is 19.3 Å². The Morgan fingerprint density at radius 2 is 1.91 bits per heavy atom. The number of likely N-dealkylation sites (tertiary alicyclic amines) is 1. The molecule has 1 fully saturated rings. The van der Waals surface area contributed by atoms with Crippen LogP contribution in [0.25, 0.3) is 0 Å². The van der Waals surface area contributed by atoms with E-state index in [0.717, 1.165) is 19.6 Å². The van der Waals surface area contributed by atoms with Crippen LogP contribution >= 0.6 is 0 Å². The predicted octanol–water partition coefficient (Wildman–Crippen LogP) is 2.49. The van der Waals surface area contributed by atoms with Gasteiger partial charge in [-0.15, -0.1) is 0 Å². The van der Waals surface area contributed by atoms with Gasteiger partial charge in [0.2, 0.25) is 0 Å². The first-order valence-electron chi connectivity index (χ1n) is 8.05. The molecule has 0 saturated carbocycles. The summed E-state index contributed by atoms with van der Waals surface area (Å²) in [5, 5.41) is 0.